The van der Waals surface area contributed by atoms with Gasteiger partial charge in [-0.25, -0.2) is 13.2 Å². The Balaban J connectivity index is 1.58. The number of esters is 1. The number of aromatic nitrogens is 1. The first kappa shape index (κ1) is 18.8. The Labute approximate surface area is 159 Å². The normalized spacial score (nSPS) is 11.1. The summed E-state index contributed by atoms with van der Waals surface area (Å²) in [6.45, 7) is -0.0357. The molecular formula is C18H14N2O5S2. The molecule has 138 valence electrons. The summed E-state index contributed by atoms with van der Waals surface area (Å²) in [6.07, 6.45) is 0. The van der Waals surface area contributed by atoms with Crippen molar-refractivity contribution in [1.29, 1.82) is 5.26 Å². The molecule has 0 bridgehead atoms. The molecule has 0 aliphatic carbocycles. The van der Waals surface area contributed by atoms with E-state index in [4.69, 9.17) is 14.5 Å². The highest BCUT2D eigenvalue weighted by atomic mass is 32.2. The number of thiophene rings is 1. The fourth-order valence-electron chi connectivity index (χ4n) is 2.28. The van der Waals surface area contributed by atoms with E-state index >= 15 is 0 Å². The molecule has 0 amide bonds. The molecule has 3 rings (SSSR count). The lowest BCUT2D eigenvalue weighted by Gasteiger charge is -2.04. The molecule has 3 aromatic rings. The fourth-order valence-corrected chi connectivity index (χ4v) is 3.95. The summed E-state index contributed by atoms with van der Waals surface area (Å²) >= 11 is 1.52. The molecule has 0 aliphatic rings. The van der Waals surface area contributed by atoms with Crippen LogP contribution in [0.5, 0.6) is 0 Å². The van der Waals surface area contributed by atoms with Crippen molar-refractivity contribution in [3.63, 3.8) is 0 Å². The number of ether oxygens (including phenoxy) is 1. The van der Waals surface area contributed by atoms with Crippen molar-refractivity contribution in [2.75, 3.05) is 5.75 Å². The average Bonchev–Trinajstić information content (AvgIpc) is 3.31. The molecular weight excluding hydrogens is 388 g/mol. The highest BCUT2D eigenvalue weighted by molar-refractivity contribution is 7.90. The molecule has 7 nitrogen and oxygen atoms in total. The number of carbonyl (C=O) groups excluding carboxylic acids is 1. The fraction of sp³-hybridized carbons (Fsp3) is 0.167. The van der Waals surface area contributed by atoms with Gasteiger partial charge in [-0.3, -0.25) is 0 Å². The van der Waals surface area contributed by atoms with Gasteiger partial charge in [0.1, 0.15) is 18.1 Å². The van der Waals surface area contributed by atoms with Gasteiger partial charge in [0.05, 0.1) is 22.3 Å². The van der Waals surface area contributed by atoms with E-state index in [1.165, 1.54) is 35.6 Å². The number of sulfone groups is 1. The molecule has 0 aliphatic heterocycles. The van der Waals surface area contributed by atoms with E-state index in [1.807, 2.05) is 17.5 Å². The number of carbonyl (C=O) groups is 1. The van der Waals surface area contributed by atoms with Crippen molar-refractivity contribution < 1.29 is 22.5 Å². The monoisotopic (exact) mass is 402 g/mol. The van der Waals surface area contributed by atoms with E-state index < -0.39 is 21.6 Å². The smallest absolute Gasteiger partial charge is 0.338 e. The van der Waals surface area contributed by atoms with Crippen LogP contribution in [-0.4, -0.2) is 25.3 Å². The molecule has 0 N–H and O–H groups in total. The second-order valence-electron chi connectivity index (χ2n) is 5.62. The number of nitrogens with zero attached hydrogens (tertiary/aromatic N) is 2. The van der Waals surface area contributed by atoms with Crippen molar-refractivity contribution in [3.05, 3.63) is 64.7 Å². The van der Waals surface area contributed by atoms with Crippen molar-refractivity contribution in [2.24, 2.45) is 0 Å². The Bertz CT molecular complexity index is 1060. The minimum Gasteiger partial charge on any atom is -0.455 e. The van der Waals surface area contributed by atoms with E-state index in [1.54, 1.807) is 12.1 Å². The topological polar surface area (TPSA) is 110 Å². The van der Waals surface area contributed by atoms with Gasteiger partial charge in [-0.1, -0.05) is 23.4 Å². The molecule has 0 fully saturated rings. The molecule has 2 heterocycles. The van der Waals surface area contributed by atoms with Crippen LogP contribution in [0.3, 0.4) is 0 Å². The van der Waals surface area contributed by atoms with E-state index in [-0.39, 0.29) is 12.4 Å². The number of hydrogen-bond donors (Lipinski definition) is 0. The zero-order valence-corrected chi connectivity index (χ0v) is 15.6. The molecule has 0 spiro atoms. The molecule has 9 heteroatoms. The van der Waals surface area contributed by atoms with E-state index in [0.29, 0.717) is 22.6 Å². The molecule has 0 unspecified atom stereocenters. The van der Waals surface area contributed by atoms with Gasteiger partial charge in [0.25, 0.3) is 0 Å². The summed E-state index contributed by atoms with van der Waals surface area (Å²) in [6, 6.07) is 13.2. The van der Waals surface area contributed by atoms with E-state index in [2.05, 4.69) is 5.16 Å². The standard InChI is InChI=1S/C18H14N2O5S2/c19-7-9-27(22,23)12-13-3-5-14(6-4-13)18(21)24-11-15-10-16(25-20-15)17-2-1-8-26-17/h1-6,8,10H,9,11-12H2. The third-order valence-electron chi connectivity index (χ3n) is 3.53. The SMILES string of the molecule is N#CCS(=O)(=O)Cc1ccc(C(=O)OCc2cc(-c3cccs3)on2)cc1. The first-order chi connectivity index (χ1) is 13.0. The predicted molar refractivity (Wildman–Crippen MR) is 98.5 cm³/mol. The van der Waals surface area contributed by atoms with Crippen LogP contribution in [0.2, 0.25) is 0 Å². The van der Waals surface area contributed by atoms with Crippen LogP contribution in [0.1, 0.15) is 21.6 Å². The summed E-state index contributed by atoms with van der Waals surface area (Å²) in [5, 5.41) is 14.3. The van der Waals surface area contributed by atoms with Gasteiger partial charge < -0.3 is 9.26 Å². The van der Waals surface area contributed by atoms with Crippen LogP contribution in [0, 0.1) is 11.3 Å². The predicted octanol–water partition coefficient (Wildman–Crippen LogP) is 3.20. The van der Waals surface area contributed by atoms with Gasteiger partial charge in [-0.05, 0) is 29.1 Å². The van der Waals surface area contributed by atoms with Crippen LogP contribution < -0.4 is 0 Å². The Morgan fingerprint density at radius 1 is 1.26 bits per heavy atom. The number of benzene rings is 1. The van der Waals surface area contributed by atoms with Crippen molar-refractivity contribution in [2.45, 2.75) is 12.4 Å². The van der Waals surface area contributed by atoms with Gasteiger partial charge in [0.15, 0.2) is 15.6 Å². The highest BCUT2D eigenvalue weighted by Crippen LogP contribution is 2.25. The van der Waals surface area contributed by atoms with Crippen molar-refractivity contribution in [1.82, 2.24) is 5.16 Å². The number of nitriles is 1. The lowest BCUT2D eigenvalue weighted by molar-refractivity contribution is 0.0464. The molecule has 1 aromatic carbocycles. The van der Waals surface area contributed by atoms with Gasteiger partial charge in [-0.2, -0.15) is 5.26 Å². The average molecular weight is 402 g/mol. The van der Waals surface area contributed by atoms with Crippen LogP contribution in [0.25, 0.3) is 10.6 Å². The maximum absolute atomic E-state index is 12.1. The third kappa shape index (κ3) is 5.03. The van der Waals surface area contributed by atoms with Crippen molar-refractivity contribution in [3.8, 4) is 16.7 Å². The Hall–Kier alpha value is -2.96. The van der Waals surface area contributed by atoms with Crippen LogP contribution in [-0.2, 0) is 26.9 Å². The minimum absolute atomic E-state index is 0.0357. The molecule has 0 saturated carbocycles. The largest absolute Gasteiger partial charge is 0.455 e. The van der Waals surface area contributed by atoms with Gasteiger partial charge >= 0.3 is 5.97 Å². The molecule has 0 saturated heterocycles. The molecule has 27 heavy (non-hydrogen) atoms. The summed E-state index contributed by atoms with van der Waals surface area (Å²) in [5.74, 6) is -0.733. The zero-order chi connectivity index (χ0) is 19.3. The number of hydrogen-bond acceptors (Lipinski definition) is 8. The quantitative estimate of drug-likeness (QED) is 0.558. The van der Waals surface area contributed by atoms with Gasteiger partial charge in [0.2, 0.25) is 0 Å². The van der Waals surface area contributed by atoms with Crippen LogP contribution >= 0.6 is 11.3 Å². The van der Waals surface area contributed by atoms with E-state index in [9.17, 15) is 13.2 Å². The second-order valence-corrected chi connectivity index (χ2v) is 8.64. The number of rotatable bonds is 7. The maximum Gasteiger partial charge on any atom is 0.338 e. The first-order valence-corrected chi connectivity index (χ1v) is 10.5. The minimum atomic E-state index is -3.48. The maximum atomic E-state index is 12.1. The highest BCUT2D eigenvalue weighted by Gasteiger charge is 2.14. The molecule has 0 atom stereocenters. The lowest BCUT2D eigenvalue weighted by atomic mass is 10.1. The molecule has 0 radical (unpaired) electrons. The lowest BCUT2D eigenvalue weighted by Crippen LogP contribution is -2.09. The van der Waals surface area contributed by atoms with Gasteiger partial charge in [0, 0.05) is 6.07 Å². The summed E-state index contributed by atoms with van der Waals surface area (Å²) in [4.78, 5) is 13.0. The van der Waals surface area contributed by atoms with Crippen LogP contribution in [0.15, 0.2) is 52.4 Å². The summed E-state index contributed by atoms with van der Waals surface area (Å²) < 4.78 is 33.7. The van der Waals surface area contributed by atoms with Crippen LogP contribution in [0.4, 0.5) is 0 Å². The Kier molecular flexibility index (Phi) is 5.69. The van der Waals surface area contributed by atoms with E-state index in [0.717, 1.165) is 4.88 Å². The molecule has 2 aromatic heterocycles. The zero-order valence-electron chi connectivity index (χ0n) is 14.0. The Morgan fingerprint density at radius 2 is 2.04 bits per heavy atom. The van der Waals surface area contributed by atoms with Gasteiger partial charge in [-0.15, -0.1) is 11.3 Å². The first-order valence-electron chi connectivity index (χ1n) is 7.80. The summed E-state index contributed by atoms with van der Waals surface area (Å²) in [5.41, 5.74) is 1.28. The Morgan fingerprint density at radius 3 is 2.70 bits per heavy atom. The third-order valence-corrected chi connectivity index (χ3v) is 5.76. The second kappa shape index (κ2) is 8.16. The summed E-state index contributed by atoms with van der Waals surface area (Å²) in [7, 11) is -3.48. The van der Waals surface area contributed by atoms with Crippen molar-refractivity contribution >= 4 is 27.1 Å².